The van der Waals surface area contributed by atoms with Crippen molar-refractivity contribution in [1.29, 1.82) is 0 Å². The molecule has 164 valence electrons. The Labute approximate surface area is 198 Å². The molecule has 0 atom stereocenters. The molecule has 4 rings (SSSR count). The average Bonchev–Trinajstić information content (AvgIpc) is 3.20. The lowest BCUT2D eigenvalue weighted by atomic mass is 9.91. The van der Waals surface area contributed by atoms with Gasteiger partial charge < -0.3 is 10.6 Å². The van der Waals surface area contributed by atoms with E-state index < -0.39 is 0 Å². The van der Waals surface area contributed by atoms with E-state index in [2.05, 4.69) is 15.7 Å². The summed E-state index contributed by atoms with van der Waals surface area (Å²) in [5, 5.41) is 12.3. The van der Waals surface area contributed by atoms with Gasteiger partial charge in [-0.2, -0.15) is 5.10 Å². The molecule has 1 fully saturated rings. The fourth-order valence-electron chi connectivity index (χ4n) is 3.86. The number of aromatic nitrogens is 2. The lowest BCUT2D eigenvalue weighted by molar-refractivity contribution is 0.0949. The van der Waals surface area contributed by atoms with Gasteiger partial charge in [0.2, 0.25) is 0 Å². The van der Waals surface area contributed by atoms with Crippen LogP contribution in [-0.4, -0.2) is 28.8 Å². The first kappa shape index (κ1) is 23.6. The molecule has 0 aliphatic carbocycles. The van der Waals surface area contributed by atoms with Gasteiger partial charge in [0.15, 0.2) is 0 Å². The number of nitrogens with zero attached hydrogens (tertiary/aromatic N) is 2. The Morgan fingerprint density at radius 3 is 2.68 bits per heavy atom. The molecular formula is C23H25Cl3N4O. The molecule has 0 radical (unpaired) electrons. The van der Waals surface area contributed by atoms with Crippen LogP contribution in [0.3, 0.4) is 0 Å². The largest absolute Gasteiger partial charge is 0.348 e. The van der Waals surface area contributed by atoms with E-state index in [1.54, 1.807) is 6.20 Å². The van der Waals surface area contributed by atoms with Crippen LogP contribution >= 0.6 is 35.6 Å². The minimum atomic E-state index is -0.132. The molecule has 31 heavy (non-hydrogen) atoms. The number of aryl methyl sites for hydroxylation is 1. The van der Waals surface area contributed by atoms with Crippen LogP contribution in [0, 0.1) is 6.92 Å². The van der Waals surface area contributed by atoms with Crippen molar-refractivity contribution in [1.82, 2.24) is 20.4 Å². The average molecular weight is 480 g/mol. The number of hydrogen-bond acceptors (Lipinski definition) is 3. The quantitative estimate of drug-likeness (QED) is 0.521. The summed E-state index contributed by atoms with van der Waals surface area (Å²) in [5.74, 6) is 0.119. The van der Waals surface area contributed by atoms with Gasteiger partial charge in [-0.1, -0.05) is 41.4 Å². The van der Waals surface area contributed by atoms with E-state index in [0.717, 1.165) is 48.4 Å². The molecule has 0 bridgehead atoms. The first-order chi connectivity index (χ1) is 14.5. The topological polar surface area (TPSA) is 59.0 Å². The van der Waals surface area contributed by atoms with E-state index in [1.165, 1.54) is 0 Å². The first-order valence-corrected chi connectivity index (χ1v) is 10.9. The number of piperidine rings is 1. The second kappa shape index (κ2) is 10.5. The van der Waals surface area contributed by atoms with Gasteiger partial charge in [0, 0.05) is 22.5 Å². The summed E-state index contributed by atoms with van der Waals surface area (Å²) < 4.78 is 1.87. The predicted molar refractivity (Wildman–Crippen MR) is 128 cm³/mol. The second-order valence-corrected chi connectivity index (χ2v) is 8.47. The zero-order valence-electron chi connectivity index (χ0n) is 17.2. The number of carbonyl (C=O) groups is 1. The monoisotopic (exact) mass is 478 g/mol. The molecule has 0 spiro atoms. The van der Waals surface area contributed by atoms with Crippen molar-refractivity contribution in [3.8, 4) is 5.69 Å². The van der Waals surface area contributed by atoms with Crippen LogP contribution in [0.2, 0.25) is 10.0 Å². The predicted octanol–water partition coefficient (Wildman–Crippen LogP) is 5.31. The molecule has 1 aliphatic heterocycles. The third kappa shape index (κ3) is 5.42. The van der Waals surface area contributed by atoms with E-state index in [0.29, 0.717) is 22.2 Å². The van der Waals surface area contributed by atoms with Gasteiger partial charge in [-0.3, -0.25) is 4.79 Å². The molecule has 2 heterocycles. The molecule has 2 aromatic carbocycles. The van der Waals surface area contributed by atoms with Crippen molar-refractivity contribution in [2.75, 3.05) is 13.1 Å². The van der Waals surface area contributed by atoms with Crippen molar-refractivity contribution in [2.24, 2.45) is 0 Å². The Kier molecular flexibility index (Phi) is 8.00. The van der Waals surface area contributed by atoms with Crippen LogP contribution in [0.1, 0.15) is 45.9 Å². The maximum atomic E-state index is 13.1. The highest BCUT2D eigenvalue weighted by Crippen LogP contribution is 2.31. The molecule has 5 nitrogen and oxygen atoms in total. The Morgan fingerprint density at radius 1 is 1.19 bits per heavy atom. The van der Waals surface area contributed by atoms with E-state index in [1.807, 2.05) is 54.1 Å². The lowest BCUT2D eigenvalue weighted by Crippen LogP contribution is -2.30. The Morgan fingerprint density at radius 2 is 1.97 bits per heavy atom. The van der Waals surface area contributed by atoms with Gasteiger partial charge in [0.25, 0.3) is 5.91 Å². The summed E-state index contributed by atoms with van der Waals surface area (Å²) in [6, 6.07) is 13.4. The highest BCUT2D eigenvalue weighted by molar-refractivity contribution is 6.31. The molecule has 1 aromatic heterocycles. The zero-order valence-corrected chi connectivity index (χ0v) is 19.5. The standard InChI is InChI=1S/C23H24Cl2N4O.ClH/c1-15-5-6-19(12-21(15)25)29-22(17-7-9-26-10-8-17)20(14-28-29)23(30)27-13-16-3-2-4-18(24)11-16;/h2-6,11-12,14,17,26H,7-10,13H2,1H3,(H,27,30);1H. The molecule has 3 aromatic rings. The Hall–Kier alpha value is -2.05. The zero-order chi connectivity index (χ0) is 21.1. The van der Waals surface area contributed by atoms with Crippen LogP contribution < -0.4 is 10.6 Å². The van der Waals surface area contributed by atoms with Crippen molar-refractivity contribution < 1.29 is 4.79 Å². The Bertz CT molecular complexity index is 1060. The SMILES string of the molecule is Cc1ccc(-n2ncc(C(=O)NCc3cccc(Cl)c3)c2C2CCNCC2)cc1Cl.Cl. The van der Waals surface area contributed by atoms with Crippen LogP contribution in [-0.2, 0) is 6.54 Å². The number of amides is 1. The van der Waals surface area contributed by atoms with Crippen LogP contribution in [0.15, 0.2) is 48.7 Å². The number of nitrogens with one attached hydrogen (secondary N) is 2. The van der Waals surface area contributed by atoms with Gasteiger partial charge in [0.05, 0.1) is 23.1 Å². The number of carbonyl (C=O) groups excluding carboxylic acids is 1. The number of halogens is 3. The van der Waals surface area contributed by atoms with Crippen LogP contribution in [0.5, 0.6) is 0 Å². The van der Waals surface area contributed by atoms with Crippen molar-refractivity contribution in [2.45, 2.75) is 32.2 Å². The fraction of sp³-hybridized carbons (Fsp3) is 0.304. The third-order valence-corrected chi connectivity index (χ3v) is 6.16. The van der Waals surface area contributed by atoms with Crippen molar-refractivity contribution in [3.63, 3.8) is 0 Å². The summed E-state index contributed by atoms with van der Waals surface area (Å²) in [7, 11) is 0. The van der Waals surface area contributed by atoms with E-state index >= 15 is 0 Å². The number of benzene rings is 2. The summed E-state index contributed by atoms with van der Waals surface area (Å²) in [5.41, 5.74) is 4.39. The van der Waals surface area contributed by atoms with E-state index in [9.17, 15) is 4.79 Å². The smallest absolute Gasteiger partial charge is 0.255 e. The lowest BCUT2D eigenvalue weighted by Gasteiger charge is -2.25. The summed E-state index contributed by atoms with van der Waals surface area (Å²) in [6.07, 6.45) is 3.58. The van der Waals surface area contributed by atoms with Crippen LogP contribution in [0.25, 0.3) is 5.69 Å². The van der Waals surface area contributed by atoms with Gasteiger partial charge in [-0.25, -0.2) is 4.68 Å². The molecule has 1 aliphatic rings. The maximum absolute atomic E-state index is 13.1. The molecule has 1 saturated heterocycles. The number of hydrogen-bond donors (Lipinski definition) is 2. The van der Waals surface area contributed by atoms with E-state index in [-0.39, 0.29) is 24.2 Å². The normalized spacial score (nSPS) is 14.2. The van der Waals surface area contributed by atoms with Crippen LogP contribution in [0.4, 0.5) is 0 Å². The minimum absolute atomic E-state index is 0. The Balaban J connectivity index is 0.00000272. The first-order valence-electron chi connectivity index (χ1n) is 10.1. The fourth-order valence-corrected chi connectivity index (χ4v) is 4.25. The number of rotatable bonds is 5. The minimum Gasteiger partial charge on any atom is -0.348 e. The second-order valence-electron chi connectivity index (χ2n) is 7.63. The molecule has 1 amide bonds. The molecular weight excluding hydrogens is 455 g/mol. The molecule has 0 unspecified atom stereocenters. The van der Waals surface area contributed by atoms with Gasteiger partial charge in [-0.05, 0) is 68.2 Å². The molecule has 2 N–H and O–H groups in total. The molecule has 0 saturated carbocycles. The maximum Gasteiger partial charge on any atom is 0.255 e. The van der Waals surface area contributed by atoms with Crippen molar-refractivity contribution in [3.05, 3.63) is 81.1 Å². The van der Waals surface area contributed by atoms with Crippen molar-refractivity contribution >= 4 is 41.5 Å². The third-order valence-electron chi connectivity index (χ3n) is 5.52. The summed E-state index contributed by atoms with van der Waals surface area (Å²) in [6.45, 7) is 4.23. The highest BCUT2D eigenvalue weighted by Gasteiger charge is 2.27. The summed E-state index contributed by atoms with van der Waals surface area (Å²) >= 11 is 12.4. The highest BCUT2D eigenvalue weighted by atomic mass is 35.5. The van der Waals surface area contributed by atoms with E-state index in [4.69, 9.17) is 23.2 Å². The molecule has 8 heteroatoms. The van der Waals surface area contributed by atoms with Gasteiger partial charge >= 0.3 is 0 Å². The summed E-state index contributed by atoms with van der Waals surface area (Å²) in [4.78, 5) is 13.1. The van der Waals surface area contributed by atoms with Gasteiger partial charge in [-0.15, -0.1) is 12.4 Å². The van der Waals surface area contributed by atoms with Gasteiger partial charge in [0.1, 0.15) is 0 Å².